The predicted octanol–water partition coefficient (Wildman–Crippen LogP) is 3.73. The molecule has 2 rings (SSSR count). The first-order valence-electron chi connectivity index (χ1n) is 6.23. The summed E-state index contributed by atoms with van der Waals surface area (Å²) in [6.45, 7) is 4.14. The molecule has 2 aromatic rings. The minimum absolute atomic E-state index is 0.307. The number of aromatic hydroxyl groups is 1. The molecule has 3 heteroatoms. The van der Waals surface area contributed by atoms with Crippen LogP contribution in [0, 0.1) is 6.92 Å². The molecule has 1 atom stereocenters. The van der Waals surface area contributed by atoms with Gasteiger partial charge in [-0.25, -0.2) is 0 Å². The summed E-state index contributed by atoms with van der Waals surface area (Å²) in [6, 6.07) is 9.65. The van der Waals surface area contributed by atoms with E-state index in [1.54, 1.807) is 18.4 Å². The first-order valence-corrected chi connectivity index (χ1v) is 6.23. The van der Waals surface area contributed by atoms with Crippen molar-refractivity contribution in [2.75, 3.05) is 5.32 Å². The van der Waals surface area contributed by atoms with Crippen LogP contribution in [0.25, 0.3) is 0 Å². The maximum Gasteiger partial charge on any atom is 0.115 e. The first kappa shape index (κ1) is 12.6. The molecule has 0 fully saturated rings. The Labute approximate surface area is 107 Å². The van der Waals surface area contributed by atoms with Gasteiger partial charge < -0.3 is 14.8 Å². The van der Waals surface area contributed by atoms with Gasteiger partial charge in [-0.05, 0) is 56.2 Å². The van der Waals surface area contributed by atoms with Crippen LogP contribution in [-0.2, 0) is 6.42 Å². The first-order chi connectivity index (χ1) is 8.65. The summed E-state index contributed by atoms with van der Waals surface area (Å²) in [5.74, 6) is 1.33. The summed E-state index contributed by atoms with van der Waals surface area (Å²) in [4.78, 5) is 0. The fraction of sp³-hybridized carbons (Fsp3) is 0.333. The van der Waals surface area contributed by atoms with Crippen LogP contribution < -0.4 is 5.32 Å². The standard InChI is InChI=1S/C15H19NO2/c1-11-10-13(17)6-8-15(11)16-12(2)5-7-14-4-3-9-18-14/h3-4,6,8-10,12,16-17H,5,7H2,1-2H3. The van der Waals surface area contributed by atoms with Crippen molar-refractivity contribution in [3.63, 3.8) is 0 Å². The Kier molecular flexibility index (Phi) is 3.92. The fourth-order valence-electron chi connectivity index (χ4n) is 1.96. The van der Waals surface area contributed by atoms with Crippen LogP contribution in [0.3, 0.4) is 0 Å². The van der Waals surface area contributed by atoms with Crippen LogP contribution in [0.2, 0.25) is 0 Å². The number of nitrogens with one attached hydrogen (secondary N) is 1. The number of phenols is 1. The van der Waals surface area contributed by atoms with Gasteiger partial charge in [0.2, 0.25) is 0 Å². The summed E-state index contributed by atoms with van der Waals surface area (Å²) in [7, 11) is 0. The number of hydrogen-bond acceptors (Lipinski definition) is 3. The smallest absolute Gasteiger partial charge is 0.115 e. The lowest BCUT2D eigenvalue weighted by atomic mass is 10.1. The predicted molar refractivity (Wildman–Crippen MR) is 73.0 cm³/mol. The van der Waals surface area contributed by atoms with Crippen molar-refractivity contribution in [1.82, 2.24) is 0 Å². The van der Waals surface area contributed by atoms with Gasteiger partial charge in [0.05, 0.1) is 6.26 Å². The van der Waals surface area contributed by atoms with E-state index in [4.69, 9.17) is 4.42 Å². The van der Waals surface area contributed by atoms with Gasteiger partial charge in [-0.15, -0.1) is 0 Å². The maximum absolute atomic E-state index is 9.36. The van der Waals surface area contributed by atoms with Gasteiger partial charge >= 0.3 is 0 Å². The van der Waals surface area contributed by atoms with Gasteiger partial charge in [0.25, 0.3) is 0 Å². The molecule has 96 valence electrons. The summed E-state index contributed by atoms with van der Waals surface area (Å²) < 4.78 is 5.31. The van der Waals surface area contributed by atoms with Gasteiger partial charge in [0, 0.05) is 18.2 Å². The third-order valence-electron chi connectivity index (χ3n) is 3.02. The Bertz CT molecular complexity index is 491. The monoisotopic (exact) mass is 245 g/mol. The van der Waals surface area contributed by atoms with E-state index in [1.165, 1.54) is 0 Å². The number of rotatable bonds is 5. The Morgan fingerprint density at radius 1 is 1.33 bits per heavy atom. The summed E-state index contributed by atoms with van der Waals surface area (Å²) >= 11 is 0. The SMILES string of the molecule is Cc1cc(O)ccc1NC(C)CCc1ccco1. The zero-order chi connectivity index (χ0) is 13.0. The second-order valence-corrected chi connectivity index (χ2v) is 4.66. The lowest BCUT2D eigenvalue weighted by Gasteiger charge is -2.16. The number of phenolic OH excluding ortho intramolecular Hbond substituents is 1. The van der Waals surface area contributed by atoms with Crippen LogP contribution in [0.1, 0.15) is 24.7 Å². The molecule has 0 amide bonds. The van der Waals surface area contributed by atoms with E-state index in [1.807, 2.05) is 25.1 Å². The molecule has 0 aliphatic rings. The molecule has 1 unspecified atom stereocenters. The van der Waals surface area contributed by atoms with E-state index in [9.17, 15) is 5.11 Å². The van der Waals surface area contributed by atoms with Crippen molar-refractivity contribution in [1.29, 1.82) is 0 Å². The molecule has 0 saturated heterocycles. The number of anilines is 1. The Morgan fingerprint density at radius 2 is 2.17 bits per heavy atom. The minimum atomic E-state index is 0.307. The summed E-state index contributed by atoms with van der Waals surface area (Å²) in [5, 5.41) is 12.8. The molecule has 0 spiro atoms. The van der Waals surface area contributed by atoms with E-state index in [-0.39, 0.29) is 0 Å². The molecule has 1 aromatic carbocycles. The van der Waals surface area contributed by atoms with Gasteiger partial charge in [-0.1, -0.05) is 0 Å². The molecule has 0 bridgehead atoms. The highest BCUT2D eigenvalue weighted by atomic mass is 16.3. The fourth-order valence-corrected chi connectivity index (χ4v) is 1.96. The summed E-state index contributed by atoms with van der Waals surface area (Å²) in [6.07, 6.45) is 3.64. The second kappa shape index (κ2) is 5.63. The minimum Gasteiger partial charge on any atom is -0.508 e. The topological polar surface area (TPSA) is 45.4 Å². The van der Waals surface area contributed by atoms with E-state index in [2.05, 4.69) is 12.2 Å². The summed E-state index contributed by atoms with van der Waals surface area (Å²) in [5.41, 5.74) is 2.12. The molecular formula is C15H19NO2. The van der Waals surface area contributed by atoms with Crippen molar-refractivity contribution in [3.05, 3.63) is 47.9 Å². The van der Waals surface area contributed by atoms with Gasteiger partial charge in [0.1, 0.15) is 11.5 Å². The number of benzene rings is 1. The number of furan rings is 1. The normalized spacial score (nSPS) is 12.3. The lowest BCUT2D eigenvalue weighted by molar-refractivity contribution is 0.475. The van der Waals surface area contributed by atoms with Crippen molar-refractivity contribution in [3.8, 4) is 5.75 Å². The molecular weight excluding hydrogens is 226 g/mol. The van der Waals surface area contributed by atoms with Gasteiger partial charge in [0.15, 0.2) is 0 Å². The molecule has 0 saturated carbocycles. The lowest BCUT2D eigenvalue weighted by Crippen LogP contribution is -2.16. The molecule has 1 heterocycles. The highest BCUT2D eigenvalue weighted by molar-refractivity contribution is 5.53. The third kappa shape index (κ3) is 3.29. The molecule has 18 heavy (non-hydrogen) atoms. The average molecular weight is 245 g/mol. The molecule has 0 radical (unpaired) electrons. The quantitative estimate of drug-likeness (QED) is 0.789. The second-order valence-electron chi connectivity index (χ2n) is 4.66. The van der Waals surface area contributed by atoms with Crippen LogP contribution in [0.5, 0.6) is 5.75 Å². The largest absolute Gasteiger partial charge is 0.508 e. The van der Waals surface area contributed by atoms with Crippen LogP contribution >= 0.6 is 0 Å². The van der Waals surface area contributed by atoms with Crippen LogP contribution in [0.15, 0.2) is 41.0 Å². The van der Waals surface area contributed by atoms with Crippen molar-refractivity contribution < 1.29 is 9.52 Å². The van der Waals surface area contributed by atoms with E-state index >= 15 is 0 Å². The van der Waals surface area contributed by atoms with Crippen molar-refractivity contribution in [2.45, 2.75) is 32.7 Å². The van der Waals surface area contributed by atoms with E-state index < -0.39 is 0 Å². The molecule has 0 aliphatic carbocycles. The highest BCUT2D eigenvalue weighted by Gasteiger charge is 2.06. The Hall–Kier alpha value is -1.90. The zero-order valence-electron chi connectivity index (χ0n) is 10.8. The number of aryl methyl sites for hydroxylation is 2. The Morgan fingerprint density at radius 3 is 2.83 bits per heavy atom. The van der Waals surface area contributed by atoms with Crippen LogP contribution in [0.4, 0.5) is 5.69 Å². The highest BCUT2D eigenvalue weighted by Crippen LogP contribution is 2.21. The van der Waals surface area contributed by atoms with E-state index in [0.717, 1.165) is 29.9 Å². The molecule has 0 aliphatic heterocycles. The van der Waals surface area contributed by atoms with Gasteiger partial charge in [-0.3, -0.25) is 0 Å². The molecule has 2 N–H and O–H groups in total. The van der Waals surface area contributed by atoms with Crippen molar-refractivity contribution >= 4 is 5.69 Å². The molecule has 3 nitrogen and oxygen atoms in total. The molecule has 1 aromatic heterocycles. The average Bonchev–Trinajstić information content (AvgIpc) is 2.83. The number of hydrogen-bond donors (Lipinski definition) is 2. The maximum atomic E-state index is 9.36. The Balaban J connectivity index is 1.88. The van der Waals surface area contributed by atoms with Crippen LogP contribution in [-0.4, -0.2) is 11.1 Å². The van der Waals surface area contributed by atoms with E-state index in [0.29, 0.717) is 11.8 Å². The van der Waals surface area contributed by atoms with Crippen molar-refractivity contribution in [2.24, 2.45) is 0 Å². The third-order valence-corrected chi connectivity index (χ3v) is 3.02. The zero-order valence-corrected chi connectivity index (χ0v) is 10.8. The van der Waals surface area contributed by atoms with Gasteiger partial charge in [-0.2, -0.15) is 0 Å².